The predicted octanol–water partition coefficient (Wildman–Crippen LogP) is 1.09. The lowest BCUT2D eigenvalue weighted by Gasteiger charge is -2.11. The fourth-order valence-corrected chi connectivity index (χ4v) is 2.97. The SMILES string of the molecule is CCOC(=O)CSc1nnc(-c2cc(C3OC[C@@H](O)[C@H]3O)oc2C)o1. The maximum absolute atomic E-state index is 11.3. The number of aliphatic hydroxyl groups is 2. The van der Waals surface area contributed by atoms with Gasteiger partial charge < -0.3 is 28.5 Å². The van der Waals surface area contributed by atoms with Crippen LogP contribution in [0.15, 0.2) is 20.1 Å². The third kappa shape index (κ3) is 3.87. The van der Waals surface area contributed by atoms with Crippen LogP contribution in [-0.2, 0) is 14.3 Å². The predicted molar refractivity (Wildman–Crippen MR) is 84.8 cm³/mol. The molecule has 1 unspecified atom stereocenters. The summed E-state index contributed by atoms with van der Waals surface area (Å²) in [6.07, 6.45) is -2.76. The fourth-order valence-electron chi connectivity index (χ4n) is 2.41. The molecule has 2 N–H and O–H groups in total. The van der Waals surface area contributed by atoms with E-state index in [4.69, 9.17) is 18.3 Å². The number of ether oxygens (including phenoxy) is 2. The summed E-state index contributed by atoms with van der Waals surface area (Å²) in [5, 5.41) is 27.5. The van der Waals surface area contributed by atoms with Crippen LogP contribution in [0.1, 0.15) is 24.5 Å². The molecular weight excluding hydrogens is 352 g/mol. The van der Waals surface area contributed by atoms with E-state index in [1.807, 2.05) is 0 Å². The molecular formula is C15H18N2O7S. The van der Waals surface area contributed by atoms with Gasteiger partial charge in [0.15, 0.2) is 0 Å². The highest BCUT2D eigenvalue weighted by Gasteiger charge is 2.38. The van der Waals surface area contributed by atoms with Crippen LogP contribution >= 0.6 is 11.8 Å². The van der Waals surface area contributed by atoms with E-state index >= 15 is 0 Å². The van der Waals surface area contributed by atoms with E-state index in [1.54, 1.807) is 19.9 Å². The normalized spacial score (nSPS) is 23.1. The van der Waals surface area contributed by atoms with Gasteiger partial charge in [-0.15, -0.1) is 10.2 Å². The average molecular weight is 370 g/mol. The van der Waals surface area contributed by atoms with Crippen molar-refractivity contribution in [1.29, 1.82) is 0 Å². The van der Waals surface area contributed by atoms with Crippen LogP contribution in [0.25, 0.3) is 11.5 Å². The maximum Gasteiger partial charge on any atom is 0.316 e. The summed E-state index contributed by atoms with van der Waals surface area (Å²) in [5.41, 5.74) is 0.558. The van der Waals surface area contributed by atoms with Crippen molar-refractivity contribution in [3.05, 3.63) is 17.6 Å². The molecule has 3 heterocycles. The number of hydrogen-bond acceptors (Lipinski definition) is 10. The maximum atomic E-state index is 11.3. The molecule has 2 aromatic rings. The van der Waals surface area contributed by atoms with Gasteiger partial charge in [0.1, 0.15) is 35.6 Å². The first-order valence-corrected chi connectivity index (χ1v) is 8.68. The van der Waals surface area contributed by atoms with Gasteiger partial charge in [-0.2, -0.15) is 0 Å². The van der Waals surface area contributed by atoms with Crippen LogP contribution in [0.3, 0.4) is 0 Å². The van der Waals surface area contributed by atoms with Crippen LogP contribution in [0.4, 0.5) is 0 Å². The Morgan fingerprint density at radius 1 is 1.40 bits per heavy atom. The third-order valence-corrected chi connectivity index (χ3v) is 4.42. The fraction of sp³-hybridized carbons (Fsp3) is 0.533. The minimum absolute atomic E-state index is 0.0378. The van der Waals surface area contributed by atoms with Gasteiger partial charge in [0.05, 0.1) is 18.8 Å². The molecule has 1 aliphatic heterocycles. The van der Waals surface area contributed by atoms with Crippen molar-refractivity contribution in [1.82, 2.24) is 10.2 Å². The van der Waals surface area contributed by atoms with Crippen molar-refractivity contribution < 1.29 is 33.3 Å². The summed E-state index contributed by atoms with van der Waals surface area (Å²) in [4.78, 5) is 11.3. The molecule has 3 atom stereocenters. The van der Waals surface area contributed by atoms with Gasteiger partial charge in [-0.25, -0.2) is 0 Å². The Labute approximate surface area is 147 Å². The zero-order valence-corrected chi connectivity index (χ0v) is 14.5. The highest BCUT2D eigenvalue weighted by Crippen LogP contribution is 2.35. The highest BCUT2D eigenvalue weighted by molar-refractivity contribution is 7.99. The Kier molecular flexibility index (Phi) is 5.42. The van der Waals surface area contributed by atoms with Crippen LogP contribution in [-0.4, -0.2) is 57.6 Å². The van der Waals surface area contributed by atoms with E-state index in [0.717, 1.165) is 11.8 Å². The number of aliphatic hydroxyl groups excluding tert-OH is 2. The number of carbonyl (C=O) groups is 1. The van der Waals surface area contributed by atoms with Crippen molar-refractivity contribution in [3.63, 3.8) is 0 Å². The number of esters is 1. The second-order valence-electron chi connectivity index (χ2n) is 5.40. The Bertz CT molecular complexity index is 744. The van der Waals surface area contributed by atoms with Gasteiger partial charge in [0.25, 0.3) is 11.1 Å². The van der Waals surface area contributed by atoms with E-state index < -0.39 is 18.3 Å². The number of hydrogen-bond donors (Lipinski definition) is 2. The zero-order valence-electron chi connectivity index (χ0n) is 13.7. The van der Waals surface area contributed by atoms with Gasteiger partial charge in [0, 0.05) is 0 Å². The molecule has 25 heavy (non-hydrogen) atoms. The molecule has 0 saturated carbocycles. The standard InChI is InChI=1S/C15H18N2O7S/c1-3-21-11(19)6-25-15-17-16-14(24-15)8-4-10(23-7(8)2)13-12(20)9(18)5-22-13/h4,9,12-13,18,20H,3,5-6H2,1-2H3/t9-,12-,13?/m1/s1. The average Bonchev–Trinajstić information content (AvgIpc) is 3.26. The number of nitrogens with zero attached hydrogens (tertiary/aromatic N) is 2. The van der Waals surface area contributed by atoms with Crippen LogP contribution in [0, 0.1) is 6.92 Å². The smallest absolute Gasteiger partial charge is 0.316 e. The van der Waals surface area contributed by atoms with E-state index in [2.05, 4.69) is 10.2 Å². The molecule has 3 rings (SSSR count). The summed E-state index contributed by atoms with van der Waals surface area (Å²) in [6, 6.07) is 1.63. The first-order valence-electron chi connectivity index (χ1n) is 7.70. The van der Waals surface area contributed by atoms with Crippen molar-refractivity contribution in [2.75, 3.05) is 19.0 Å². The molecule has 0 radical (unpaired) electrons. The zero-order chi connectivity index (χ0) is 18.0. The molecule has 2 aromatic heterocycles. The molecule has 10 heteroatoms. The second kappa shape index (κ2) is 7.56. The topological polar surface area (TPSA) is 128 Å². The number of aromatic nitrogens is 2. The summed E-state index contributed by atoms with van der Waals surface area (Å²) in [7, 11) is 0. The minimum Gasteiger partial charge on any atom is -0.465 e. The van der Waals surface area contributed by atoms with Gasteiger partial charge >= 0.3 is 5.97 Å². The lowest BCUT2D eigenvalue weighted by molar-refractivity contribution is -0.139. The van der Waals surface area contributed by atoms with Crippen LogP contribution in [0.2, 0.25) is 0 Å². The van der Waals surface area contributed by atoms with Crippen molar-refractivity contribution in [2.24, 2.45) is 0 Å². The molecule has 0 aromatic carbocycles. The van der Waals surface area contributed by atoms with Crippen LogP contribution in [0.5, 0.6) is 0 Å². The van der Waals surface area contributed by atoms with Gasteiger partial charge in [-0.1, -0.05) is 11.8 Å². The van der Waals surface area contributed by atoms with Gasteiger partial charge in [0.2, 0.25) is 0 Å². The number of aryl methyl sites for hydroxylation is 1. The summed E-state index contributed by atoms with van der Waals surface area (Å²) >= 11 is 1.08. The van der Waals surface area contributed by atoms with Gasteiger partial charge in [-0.3, -0.25) is 4.79 Å². The molecule has 9 nitrogen and oxygen atoms in total. The molecule has 0 bridgehead atoms. The molecule has 1 aliphatic rings. The molecule has 0 spiro atoms. The monoisotopic (exact) mass is 370 g/mol. The lowest BCUT2D eigenvalue weighted by Crippen LogP contribution is -2.24. The molecule has 136 valence electrons. The number of carbonyl (C=O) groups excluding carboxylic acids is 1. The van der Waals surface area contributed by atoms with Gasteiger partial charge in [-0.05, 0) is 19.9 Å². The lowest BCUT2D eigenvalue weighted by atomic mass is 10.1. The molecule has 0 amide bonds. The second-order valence-corrected chi connectivity index (χ2v) is 6.32. The van der Waals surface area contributed by atoms with Crippen molar-refractivity contribution >= 4 is 17.7 Å². The Morgan fingerprint density at radius 3 is 2.88 bits per heavy atom. The molecule has 0 aliphatic carbocycles. The Balaban J connectivity index is 1.71. The third-order valence-electron chi connectivity index (χ3n) is 3.62. The van der Waals surface area contributed by atoms with Crippen LogP contribution < -0.4 is 0 Å². The first kappa shape index (κ1) is 17.9. The quantitative estimate of drug-likeness (QED) is 0.563. The highest BCUT2D eigenvalue weighted by atomic mass is 32.2. The summed E-state index contributed by atoms with van der Waals surface area (Å²) in [6.45, 7) is 3.80. The molecule has 1 fully saturated rings. The summed E-state index contributed by atoms with van der Waals surface area (Å²) < 4.78 is 21.3. The number of rotatable bonds is 6. The number of furan rings is 1. The van der Waals surface area contributed by atoms with E-state index in [9.17, 15) is 15.0 Å². The first-order chi connectivity index (χ1) is 12.0. The van der Waals surface area contributed by atoms with E-state index in [0.29, 0.717) is 23.7 Å². The Hall–Kier alpha value is -1.88. The van der Waals surface area contributed by atoms with E-state index in [-0.39, 0.29) is 29.4 Å². The summed E-state index contributed by atoms with van der Waals surface area (Å²) in [5.74, 6) is 0.825. The van der Waals surface area contributed by atoms with Crippen molar-refractivity contribution in [2.45, 2.75) is 37.4 Å². The number of thioether (sulfide) groups is 1. The van der Waals surface area contributed by atoms with Crippen molar-refractivity contribution in [3.8, 4) is 11.5 Å². The largest absolute Gasteiger partial charge is 0.465 e. The van der Waals surface area contributed by atoms with E-state index in [1.165, 1.54) is 0 Å². The molecule has 1 saturated heterocycles. The minimum atomic E-state index is -1.06. The Morgan fingerprint density at radius 2 is 2.20 bits per heavy atom.